The van der Waals surface area contributed by atoms with Crippen LogP contribution in [0.25, 0.3) is 0 Å². The van der Waals surface area contributed by atoms with Crippen molar-refractivity contribution in [2.45, 2.75) is 35.0 Å². The molecule has 0 aliphatic carbocycles. The third-order valence-electron chi connectivity index (χ3n) is 7.20. The Labute approximate surface area is 238 Å². The number of nitrogens with zero attached hydrogens (tertiary/aromatic N) is 3. The fraction of sp³-hybridized carbons (Fsp3) is 0.444. The summed E-state index contributed by atoms with van der Waals surface area (Å²) in [5, 5.41) is 4.42. The molecule has 0 bridgehead atoms. The quantitative estimate of drug-likeness (QED) is 0.554. The van der Waals surface area contributed by atoms with Gasteiger partial charge in [-0.15, -0.1) is 0 Å². The van der Waals surface area contributed by atoms with E-state index in [1.165, 1.54) is 0 Å². The van der Waals surface area contributed by atoms with Gasteiger partial charge in [-0.05, 0) is 55.0 Å². The van der Waals surface area contributed by atoms with E-state index in [-0.39, 0.29) is 10.8 Å². The van der Waals surface area contributed by atoms with Crippen molar-refractivity contribution < 1.29 is 17.9 Å². The van der Waals surface area contributed by atoms with Crippen molar-refractivity contribution in [1.29, 1.82) is 0 Å². The highest BCUT2D eigenvalue weighted by Gasteiger charge is 2.34. The van der Waals surface area contributed by atoms with Gasteiger partial charge < -0.3 is 20.7 Å². The average Bonchev–Trinajstić information content (AvgIpc) is 3.65. The molecule has 208 valence electrons. The molecule has 4 aliphatic rings. The number of thioether (sulfide) groups is 2. The van der Waals surface area contributed by atoms with E-state index in [0.717, 1.165) is 41.6 Å². The number of hydrogen-bond acceptors (Lipinski definition) is 10. The smallest absolute Gasteiger partial charge is 0.233 e. The maximum atomic E-state index is 13.4. The number of benzene rings is 2. The van der Waals surface area contributed by atoms with Crippen molar-refractivity contribution in [3.8, 4) is 0 Å². The van der Waals surface area contributed by atoms with Crippen LogP contribution in [0, 0.1) is 5.92 Å². The normalized spacial score (nSPS) is 20.6. The third kappa shape index (κ3) is 6.29. The van der Waals surface area contributed by atoms with Crippen molar-refractivity contribution in [1.82, 2.24) is 5.32 Å². The Morgan fingerprint density at radius 1 is 1.08 bits per heavy atom. The van der Waals surface area contributed by atoms with Gasteiger partial charge in [-0.1, -0.05) is 41.7 Å². The lowest BCUT2D eigenvalue weighted by Gasteiger charge is -2.31. The van der Waals surface area contributed by atoms with Crippen molar-refractivity contribution in [2.24, 2.45) is 21.6 Å². The molecule has 1 unspecified atom stereocenters. The third-order valence-corrected chi connectivity index (χ3v) is 10.8. The zero-order valence-corrected chi connectivity index (χ0v) is 24.3. The van der Waals surface area contributed by atoms with E-state index in [2.05, 4.69) is 15.3 Å². The van der Waals surface area contributed by atoms with Crippen molar-refractivity contribution in [3.05, 3.63) is 48.0 Å². The number of hydrogen-bond donors (Lipinski definition) is 2. The van der Waals surface area contributed by atoms with Crippen LogP contribution in [0.3, 0.4) is 0 Å². The van der Waals surface area contributed by atoms with Gasteiger partial charge in [0.2, 0.25) is 15.7 Å². The Bertz CT molecular complexity index is 1390. The second kappa shape index (κ2) is 12.3. The first-order valence-electron chi connectivity index (χ1n) is 13.0. The minimum absolute atomic E-state index is 0.0867. The Morgan fingerprint density at radius 2 is 1.79 bits per heavy atom. The minimum atomic E-state index is -3.62. The molecule has 0 saturated carbocycles. The molecule has 0 spiro atoms. The summed E-state index contributed by atoms with van der Waals surface area (Å²) in [7, 11) is -1.76. The van der Waals surface area contributed by atoms with Crippen LogP contribution in [-0.2, 0) is 19.4 Å². The molecule has 4 heterocycles. The van der Waals surface area contributed by atoms with Gasteiger partial charge in [0, 0.05) is 31.8 Å². The Kier molecular flexibility index (Phi) is 8.85. The fourth-order valence-electron chi connectivity index (χ4n) is 5.12. The largest absolute Gasteiger partial charge is 0.381 e. The summed E-state index contributed by atoms with van der Waals surface area (Å²) in [5.41, 5.74) is 7.31. The van der Waals surface area contributed by atoms with Crippen LogP contribution in [0.4, 0.5) is 11.4 Å². The number of fused-ring (bicyclic) bond motifs is 2. The Morgan fingerprint density at radius 3 is 2.46 bits per heavy atom. The number of amides is 1. The number of ether oxygens (including phenoxy) is 1. The van der Waals surface area contributed by atoms with E-state index in [4.69, 9.17) is 10.5 Å². The van der Waals surface area contributed by atoms with Gasteiger partial charge in [-0.3, -0.25) is 14.8 Å². The summed E-state index contributed by atoms with van der Waals surface area (Å²) in [6, 6.07) is 12.3. The summed E-state index contributed by atoms with van der Waals surface area (Å²) < 4.78 is 32.0. The predicted molar refractivity (Wildman–Crippen MR) is 159 cm³/mol. The molecule has 3 N–H and O–H groups in total. The Hall–Kier alpha value is -2.54. The Balaban J connectivity index is 0.000000455. The van der Waals surface area contributed by atoms with Crippen LogP contribution in [0.1, 0.15) is 30.7 Å². The number of anilines is 2. The van der Waals surface area contributed by atoms with Crippen LogP contribution < -0.4 is 16.0 Å². The van der Waals surface area contributed by atoms with Crippen LogP contribution in [-0.4, -0.2) is 69.5 Å². The van der Waals surface area contributed by atoms with Gasteiger partial charge in [0.1, 0.15) is 0 Å². The second-order valence-corrected chi connectivity index (χ2v) is 13.8. The molecule has 1 saturated heterocycles. The lowest BCUT2D eigenvalue weighted by atomic mass is 9.84. The van der Waals surface area contributed by atoms with Crippen molar-refractivity contribution >= 4 is 61.0 Å². The van der Waals surface area contributed by atoms with E-state index in [1.54, 1.807) is 47.8 Å². The molecule has 2 aromatic rings. The van der Waals surface area contributed by atoms with Crippen molar-refractivity contribution in [2.75, 3.05) is 49.8 Å². The molecule has 1 amide bonds. The molecule has 0 radical (unpaired) electrons. The average molecular weight is 588 g/mol. The van der Waals surface area contributed by atoms with Gasteiger partial charge in [-0.2, -0.15) is 0 Å². The number of para-hydroxylation sites is 1. The number of aliphatic imine (C=N–C) groups is 2. The molecule has 6 rings (SSSR count). The number of nitrogens with two attached hydrogens (primary N) is 1. The number of nitrogens with one attached hydrogen (secondary N) is 1. The molecule has 9 nitrogen and oxygen atoms in total. The minimum Gasteiger partial charge on any atom is -0.381 e. The van der Waals surface area contributed by atoms with E-state index in [9.17, 15) is 13.2 Å². The fourth-order valence-corrected chi connectivity index (χ4v) is 8.11. The number of amidine groups is 2. The molecule has 1 atom stereocenters. The first-order chi connectivity index (χ1) is 18.8. The van der Waals surface area contributed by atoms with Crippen molar-refractivity contribution in [3.63, 3.8) is 0 Å². The second-order valence-electron chi connectivity index (χ2n) is 9.69. The zero-order chi connectivity index (χ0) is 27.4. The first kappa shape index (κ1) is 28.0. The van der Waals surface area contributed by atoms with Crippen LogP contribution >= 0.6 is 23.5 Å². The van der Waals surface area contributed by atoms with E-state index in [0.29, 0.717) is 53.5 Å². The van der Waals surface area contributed by atoms with E-state index in [1.807, 2.05) is 30.1 Å². The highest BCUT2D eigenvalue weighted by Crippen LogP contribution is 2.44. The lowest BCUT2D eigenvalue weighted by Crippen LogP contribution is -2.34. The molecule has 39 heavy (non-hydrogen) atoms. The summed E-state index contributed by atoms with van der Waals surface area (Å²) in [6.07, 6.45) is 2.54. The maximum absolute atomic E-state index is 13.4. The molecule has 0 aromatic heterocycles. The van der Waals surface area contributed by atoms with Gasteiger partial charge >= 0.3 is 0 Å². The number of sulfone groups is 1. The molecule has 1 fully saturated rings. The zero-order valence-electron chi connectivity index (χ0n) is 21.8. The summed E-state index contributed by atoms with van der Waals surface area (Å²) in [5.74, 6) is 1.85. The first-order valence-corrected chi connectivity index (χ1v) is 16.5. The SMILES string of the molecule is CN1c2ccccc2S(=O)(=O)c2ccc(C(CC3CCOCC3)C(=O)NC3=NCCS3)cc21.NC1=NCCS1. The van der Waals surface area contributed by atoms with Gasteiger partial charge in [-0.25, -0.2) is 8.42 Å². The number of rotatable bonds is 4. The molecule has 4 aliphatic heterocycles. The molecular weight excluding hydrogens is 555 g/mol. The highest BCUT2D eigenvalue weighted by molar-refractivity contribution is 8.14. The van der Waals surface area contributed by atoms with E-state index < -0.39 is 15.8 Å². The van der Waals surface area contributed by atoms with E-state index >= 15 is 0 Å². The summed E-state index contributed by atoms with van der Waals surface area (Å²) in [6.45, 7) is 3.05. The van der Waals surface area contributed by atoms with Gasteiger partial charge in [0.25, 0.3) is 0 Å². The standard InChI is InChI=1S/C24H27N3O4S2.C3H6N2S/c1-27-19-4-2-3-5-21(19)33(29,30)22-7-6-17(15-20(22)27)18(14-16-8-11-31-12-9-16)23(28)26-24-25-10-13-32-24;4-3-5-1-2-6-3/h2-7,15-16,18H,8-14H2,1H3,(H,25,26,28);1-2H2,(H2,4,5). The number of carbonyl (C=O) groups is 1. The highest BCUT2D eigenvalue weighted by atomic mass is 32.2. The van der Waals surface area contributed by atoms with Crippen LogP contribution in [0.2, 0.25) is 0 Å². The van der Waals surface area contributed by atoms with Crippen LogP contribution in [0.15, 0.2) is 62.2 Å². The molecule has 2 aromatic carbocycles. The summed E-state index contributed by atoms with van der Waals surface area (Å²) in [4.78, 5) is 24.1. The van der Waals surface area contributed by atoms with Crippen LogP contribution in [0.5, 0.6) is 0 Å². The number of carbonyl (C=O) groups excluding carboxylic acids is 1. The van der Waals surface area contributed by atoms with Gasteiger partial charge in [0.05, 0.1) is 40.2 Å². The maximum Gasteiger partial charge on any atom is 0.233 e. The molecule has 12 heteroatoms. The predicted octanol–water partition coefficient (Wildman–Crippen LogP) is 3.77. The topological polar surface area (TPSA) is 126 Å². The van der Waals surface area contributed by atoms with Gasteiger partial charge in [0.15, 0.2) is 10.3 Å². The molecular formula is C27H33N5O4S3. The lowest BCUT2D eigenvalue weighted by molar-refractivity contribution is -0.121. The monoisotopic (exact) mass is 587 g/mol. The summed E-state index contributed by atoms with van der Waals surface area (Å²) >= 11 is 3.18.